The molecule has 1 saturated heterocycles. The third kappa shape index (κ3) is 4.39. The molecule has 0 unspecified atom stereocenters. The first kappa shape index (κ1) is 23.0. The Labute approximate surface area is 206 Å². The van der Waals surface area contributed by atoms with Crippen molar-refractivity contribution in [1.82, 2.24) is 19.7 Å². The number of nitrogens with zero attached hydrogens (tertiary/aromatic N) is 5. The fourth-order valence-electron chi connectivity index (χ4n) is 4.38. The second-order valence-electron chi connectivity index (χ2n) is 8.36. The maximum Gasteiger partial charge on any atom is 0.310 e. The first-order chi connectivity index (χ1) is 17.0. The van der Waals surface area contributed by atoms with Crippen molar-refractivity contribution in [2.75, 3.05) is 30.3 Å². The van der Waals surface area contributed by atoms with E-state index in [1.54, 1.807) is 25.1 Å². The molecule has 0 amide bonds. The highest BCUT2D eigenvalue weighted by molar-refractivity contribution is 6.32. The van der Waals surface area contributed by atoms with Crippen LogP contribution in [0.2, 0.25) is 5.02 Å². The molecule has 1 aliphatic heterocycles. The summed E-state index contributed by atoms with van der Waals surface area (Å²) in [6, 6.07) is 13.3. The van der Waals surface area contributed by atoms with Gasteiger partial charge in [0.05, 0.1) is 34.3 Å². The van der Waals surface area contributed by atoms with E-state index in [4.69, 9.17) is 32.0 Å². The first-order valence-corrected chi connectivity index (χ1v) is 11.8. The predicted molar refractivity (Wildman–Crippen MR) is 133 cm³/mol. The number of carbonyl (C=O) groups excluding carboxylic acids is 1. The summed E-state index contributed by atoms with van der Waals surface area (Å²) in [5, 5.41) is 5.67. The van der Waals surface area contributed by atoms with Crippen LogP contribution in [0.25, 0.3) is 28.0 Å². The fourth-order valence-corrected chi connectivity index (χ4v) is 4.59. The average Bonchev–Trinajstić information content (AvgIpc) is 3.20. The Hall–Kier alpha value is -3.72. The molecule has 2 aromatic carbocycles. The van der Waals surface area contributed by atoms with E-state index in [9.17, 15) is 9.18 Å². The molecule has 4 aromatic rings. The summed E-state index contributed by atoms with van der Waals surface area (Å²) in [5.74, 6) is -0.0868. The fraction of sp³-hybridized carbons (Fsp3) is 0.280. The van der Waals surface area contributed by atoms with Crippen molar-refractivity contribution in [2.45, 2.75) is 19.8 Å². The monoisotopic (exact) mass is 494 g/mol. The highest BCUT2D eigenvalue weighted by Crippen LogP contribution is 2.35. The molecular formula is C25H24ClFN6O2. The molecule has 0 radical (unpaired) electrons. The Morgan fingerprint density at radius 3 is 2.71 bits per heavy atom. The topological polar surface area (TPSA) is 99.2 Å². The number of nitrogens with two attached hydrogens (primary N) is 1. The molecule has 2 N–H and O–H groups in total. The zero-order valence-corrected chi connectivity index (χ0v) is 19.9. The Morgan fingerprint density at radius 2 is 1.97 bits per heavy atom. The molecule has 10 heteroatoms. The summed E-state index contributed by atoms with van der Waals surface area (Å²) in [6.07, 6.45) is 1.55. The predicted octanol–water partition coefficient (Wildman–Crippen LogP) is 4.64. The van der Waals surface area contributed by atoms with Crippen molar-refractivity contribution in [3.8, 4) is 16.9 Å². The van der Waals surface area contributed by atoms with Crippen LogP contribution in [0.3, 0.4) is 0 Å². The number of rotatable bonds is 5. The molecule has 5 rings (SSSR count). The highest BCUT2D eigenvalue weighted by atomic mass is 35.5. The van der Waals surface area contributed by atoms with E-state index in [0.717, 1.165) is 12.8 Å². The number of esters is 1. The molecule has 0 aliphatic carbocycles. The van der Waals surface area contributed by atoms with Crippen molar-refractivity contribution in [3.05, 3.63) is 59.4 Å². The zero-order chi connectivity index (χ0) is 24.5. The van der Waals surface area contributed by atoms with Crippen molar-refractivity contribution in [1.29, 1.82) is 0 Å². The Morgan fingerprint density at radius 1 is 1.20 bits per heavy atom. The van der Waals surface area contributed by atoms with Crippen molar-refractivity contribution in [2.24, 2.45) is 5.92 Å². The van der Waals surface area contributed by atoms with Gasteiger partial charge in [-0.2, -0.15) is 4.98 Å². The lowest BCUT2D eigenvalue weighted by atomic mass is 9.98. The van der Waals surface area contributed by atoms with Gasteiger partial charge < -0.3 is 15.4 Å². The van der Waals surface area contributed by atoms with Crippen molar-refractivity contribution >= 4 is 40.4 Å². The van der Waals surface area contributed by atoms with Crippen LogP contribution in [0.15, 0.2) is 48.5 Å². The maximum absolute atomic E-state index is 13.7. The minimum absolute atomic E-state index is 0.218. The minimum Gasteiger partial charge on any atom is -0.466 e. The van der Waals surface area contributed by atoms with Crippen LogP contribution in [0, 0.1) is 11.7 Å². The molecule has 1 fully saturated rings. The third-order valence-electron chi connectivity index (χ3n) is 6.08. The Balaban J connectivity index is 1.65. The van der Waals surface area contributed by atoms with Gasteiger partial charge in [0, 0.05) is 18.7 Å². The van der Waals surface area contributed by atoms with Gasteiger partial charge in [0.2, 0.25) is 5.95 Å². The van der Waals surface area contributed by atoms with Crippen LogP contribution in [0.4, 0.5) is 16.2 Å². The lowest BCUT2D eigenvalue weighted by molar-refractivity contribution is -0.148. The first-order valence-electron chi connectivity index (χ1n) is 11.4. The second-order valence-corrected chi connectivity index (χ2v) is 8.77. The molecule has 1 atom stereocenters. The van der Waals surface area contributed by atoms with E-state index >= 15 is 0 Å². The number of ether oxygens (including phenoxy) is 1. The number of hydrogen-bond donors (Lipinski definition) is 1. The van der Waals surface area contributed by atoms with Crippen LogP contribution >= 0.6 is 11.6 Å². The molecule has 3 heterocycles. The van der Waals surface area contributed by atoms with Crippen LogP contribution in [-0.2, 0) is 9.53 Å². The summed E-state index contributed by atoms with van der Waals surface area (Å²) in [6.45, 7) is 3.26. The smallest absolute Gasteiger partial charge is 0.310 e. The number of halogens is 2. The van der Waals surface area contributed by atoms with Gasteiger partial charge in [-0.25, -0.2) is 14.1 Å². The van der Waals surface area contributed by atoms with Crippen LogP contribution < -0.4 is 10.6 Å². The molecule has 0 bridgehead atoms. The van der Waals surface area contributed by atoms with E-state index in [1.807, 2.05) is 23.1 Å². The lowest BCUT2D eigenvalue weighted by Gasteiger charge is -2.31. The van der Waals surface area contributed by atoms with E-state index in [-0.39, 0.29) is 17.7 Å². The quantitative estimate of drug-likeness (QED) is 0.403. The SMILES string of the molecule is CCOC(=O)[C@@H]1CCCN(c2nc(-c3ccc(F)cc3)c3c(N)n(-c4ccccc4Cl)nc3n2)C1. The van der Waals surface area contributed by atoms with Crippen molar-refractivity contribution in [3.63, 3.8) is 0 Å². The number of hydrogen-bond acceptors (Lipinski definition) is 7. The van der Waals surface area contributed by atoms with Gasteiger partial charge in [-0.05, 0) is 56.2 Å². The Kier molecular flexibility index (Phi) is 6.25. The summed E-state index contributed by atoms with van der Waals surface area (Å²) in [5.41, 5.74) is 8.73. The zero-order valence-electron chi connectivity index (χ0n) is 19.1. The summed E-state index contributed by atoms with van der Waals surface area (Å²) < 4.78 is 20.4. The molecule has 35 heavy (non-hydrogen) atoms. The van der Waals surface area contributed by atoms with Gasteiger partial charge in [0.15, 0.2) is 5.65 Å². The number of para-hydroxylation sites is 1. The number of aromatic nitrogens is 4. The molecular weight excluding hydrogens is 471 g/mol. The highest BCUT2D eigenvalue weighted by Gasteiger charge is 2.29. The van der Waals surface area contributed by atoms with Crippen LogP contribution in [-0.4, -0.2) is 45.4 Å². The van der Waals surface area contributed by atoms with Gasteiger partial charge in [-0.1, -0.05) is 23.7 Å². The van der Waals surface area contributed by atoms with Gasteiger partial charge in [0.1, 0.15) is 11.6 Å². The largest absolute Gasteiger partial charge is 0.466 e. The molecule has 0 spiro atoms. The molecule has 8 nitrogen and oxygen atoms in total. The van der Waals surface area contributed by atoms with Gasteiger partial charge in [0.25, 0.3) is 0 Å². The Bertz CT molecular complexity index is 1390. The maximum atomic E-state index is 13.7. The van der Waals surface area contributed by atoms with E-state index in [0.29, 0.717) is 64.5 Å². The molecule has 2 aromatic heterocycles. The number of fused-ring (bicyclic) bond motifs is 1. The number of piperidine rings is 1. The van der Waals surface area contributed by atoms with Gasteiger partial charge in [-0.3, -0.25) is 4.79 Å². The average molecular weight is 495 g/mol. The standard InChI is InChI=1S/C25H24ClFN6O2/c1-2-35-24(34)16-6-5-13-32(14-16)25-29-21(15-9-11-17(27)12-10-15)20-22(28)33(31-23(20)30-25)19-8-4-3-7-18(19)26/h3-4,7-12,16H,2,5-6,13-14,28H2,1H3/t16-/m1/s1. The van der Waals surface area contributed by atoms with Crippen LogP contribution in [0.1, 0.15) is 19.8 Å². The van der Waals surface area contributed by atoms with E-state index < -0.39 is 0 Å². The number of anilines is 2. The van der Waals surface area contributed by atoms with Crippen LogP contribution in [0.5, 0.6) is 0 Å². The second kappa shape index (κ2) is 9.50. The summed E-state index contributed by atoms with van der Waals surface area (Å²) >= 11 is 6.41. The molecule has 0 saturated carbocycles. The lowest BCUT2D eigenvalue weighted by Crippen LogP contribution is -2.40. The molecule has 180 valence electrons. The van der Waals surface area contributed by atoms with E-state index in [1.165, 1.54) is 16.8 Å². The number of nitrogen functional groups attached to an aromatic ring is 1. The molecule has 1 aliphatic rings. The summed E-state index contributed by atoms with van der Waals surface area (Å²) in [4.78, 5) is 23.9. The summed E-state index contributed by atoms with van der Waals surface area (Å²) in [7, 11) is 0. The normalized spacial score (nSPS) is 16.0. The third-order valence-corrected chi connectivity index (χ3v) is 6.40. The van der Waals surface area contributed by atoms with E-state index in [2.05, 4.69) is 5.10 Å². The minimum atomic E-state index is -0.354. The van der Waals surface area contributed by atoms with Crippen molar-refractivity contribution < 1.29 is 13.9 Å². The number of carbonyl (C=O) groups is 1. The van der Waals surface area contributed by atoms with Gasteiger partial charge in [-0.15, -0.1) is 5.10 Å². The number of benzene rings is 2. The van der Waals surface area contributed by atoms with Gasteiger partial charge >= 0.3 is 5.97 Å².